The molecule has 3 heterocycles. The molecule has 0 aliphatic carbocycles. The second kappa shape index (κ2) is 9.92. The highest BCUT2D eigenvalue weighted by Crippen LogP contribution is 2.36. The van der Waals surface area contributed by atoms with Gasteiger partial charge in [-0.1, -0.05) is 48.5 Å². The monoisotopic (exact) mass is 470 g/mol. The molecule has 0 aromatic heterocycles. The molecule has 0 radical (unpaired) electrons. The minimum Gasteiger partial charge on any atom is -0.454 e. The molecule has 180 valence electrons. The third kappa shape index (κ3) is 5.23. The van der Waals surface area contributed by atoms with Crippen LogP contribution in [0.4, 0.5) is 11.4 Å². The van der Waals surface area contributed by atoms with Gasteiger partial charge in [-0.25, -0.2) is 4.79 Å². The van der Waals surface area contributed by atoms with Gasteiger partial charge in [0.2, 0.25) is 5.78 Å². The van der Waals surface area contributed by atoms with Crippen LogP contribution in [-0.4, -0.2) is 48.5 Å². The third-order valence-corrected chi connectivity index (χ3v) is 7.47. The summed E-state index contributed by atoms with van der Waals surface area (Å²) in [6.07, 6.45) is 1.75. The number of rotatable bonds is 8. The molecule has 2 atom stereocenters. The van der Waals surface area contributed by atoms with Gasteiger partial charge in [0.1, 0.15) is 13.1 Å². The standard InChI is InChI=1S/C29H31N3O3/c30-24-13-11-21(12-14-24)26(33)19-32-17-15-22(16-18-32)27(20-32)35-29(34)28(23-7-3-1-4-8-23)31-25-9-5-2-6-10-25/h1-14,22,27-28,31H,15-20H2,(H-,30,33)/p+1/t22?,27-,28+,32?/m0/s1. The van der Waals surface area contributed by atoms with Crippen molar-refractivity contribution in [1.82, 2.24) is 0 Å². The van der Waals surface area contributed by atoms with E-state index >= 15 is 0 Å². The van der Waals surface area contributed by atoms with E-state index in [4.69, 9.17) is 10.5 Å². The average Bonchev–Trinajstić information content (AvgIpc) is 2.89. The lowest BCUT2D eigenvalue weighted by Gasteiger charge is -2.51. The fourth-order valence-corrected chi connectivity index (χ4v) is 5.48. The normalized spacial score (nSPS) is 23.9. The topological polar surface area (TPSA) is 81.4 Å². The van der Waals surface area contributed by atoms with Gasteiger partial charge in [0.05, 0.1) is 13.1 Å². The highest BCUT2D eigenvalue weighted by Gasteiger charge is 2.49. The van der Waals surface area contributed by atoms with Crippen molar-refractivity contribution in [3.8, 4) is 0 Å². The minimum absolute atomic E-state index is 0.114. The molecule has 35 heavy (non-hydrogen) atoms. The molecular weight excluding hydrogens is 438 g/mol. The lowest BCUT2D eigenvalue weighted by molar-refractivity contribution is -0.938. The number of nitrogens with one attached hydrogen (secondary N) is 1. The number of para-hydroxylation sites is 1. The number of nitrogens with zero attached hydrogens (tertiary/aromatic N) is 1. The molecule has 0 spiro atoms. The van der Waals surface area contributed by atoms with Gasteiger partial charge in [0.15, 0.2) is 12.1 Å². The van der Waals surface area contributed by atoms with Gasteiger partial charge in [-0.3, -0.25) is 4.79 Å². The quantitative estimate of drug-likeness (QED) is 0.220. The molecule has 0 saturated carbocycles. The Morgan fingerprint density at radius 2 is 1.54 bits per heavy atom. The molecule has 6 rings (SSSR count). The summed E-state index contributed by atoms with van der Waals surface area (Å²) in [7, 11) is 0. The van der Waals surface area contributed by atoms with Crippen molar-refractivity contribution in [2.45, 2.75) is 25.0 Å². The first-order chi connectivity index (χ1) is 17.0. The first-order valence-corrected chi connectivity index (χ1v) is 12.3. The van der Waals surface area contributed by atoms with Crippen LogP contribution in [0.1, 0.15) is 34.8 Å². The summed E-state index contributed by atoms with van der Waals surface area (Å²) < 4.78 is 6.88. The maximum Gasteiger partial charge on any atom is 0.333 e. The van der Waals surface area contributed by atoms with Crippen molar-refractivity contribution in [3.63, 3.8) is 0 Å². The number of Topliss-reactive ketones (excluding diaryl/α,β-unsaturated/α-hetero) is 1. The van der Waals surface area contributed by atoms with E-state index in [1.807, 2.05) is 60.7 Å². The van der Waals surface area contributed by atoms with Gasteiger partial charge in [-0.15, -0.1) is 0 Å². The van der Waals surface area contributed by atoms with E-state index in [1.165, 1.54) is 0 Å². The Hall–Kier alpha value is -3.64. The number of nitrogens with two attached hydrogens (primary N) is 1. The number of carbonyl (C=O) groups is 2. The van der Waals surface area contributed by atoms with E-state index in [0.717, 1.165) is 37.2 Å². The zero-order chi connectivity index (χ0) is 24.3. The summed E-state index contributed by atoms with van der Waals surface area (Å²) >= 11 is 0. The number of benzene rings is 3. The highest BCUT2D eigenvalue weighted by molar-refractivity contribution is 5.97. The van der Waals surface area contributed by atoms with E-state index in [2.05, 4.69) is 5.32 Å². The second-order valence-electron chi connectivity index (χ2n) is 9.84. The van der Waals surface area contributed by atoms with Crippen LogP contribution in [0.15, 0.2) is 84.9 Å². The predicted molar refractivity (Wildman–Crippen MR) is 137 cm³/mol. The minimum atomic E-state index is -0.598. The number of nitrogen functional groups attached to an aromatic ring is 1. The smallest absolute Gasteiger partial charge is 0.333 e. The van der Waals surface area contributed by atoms with Crippen molar-refractivity contribution in [1.29, 1.82) is 0 Å². The van der Waals surface area contributed by atoms with E-state index < -0.39 is 6.04 Å². The van der Waals surface area contributed by atoms with Crippen LogP contribution in [0, 0.1) is 5.92 Å². The molecule has 3 N–H and O–H groups in total. The Balaban J connectivity index is 1.30. The number of carbonyl (C=O) groups excluding carboxylic acids is 2. The average molecular weight is 471 g/mol. The maximum absolute atomic E-state index is 13.5. The molecule has 3 saturated heterocycles. The second-order valence-corrected chi connectivity index (χ2v) is 9.84. The van der Waals surface area contributed by atoms with Crippen LogP contribution in [0.25, 0.3) is 0 Å². The van der Waals surface area contributed by atoms with Gasteiger partial charge in [-0.05, 0) is 42.0 Å². The lowest BCUT2D eigenvalue weighted by Crippen LogP contribution is -2.65. The molecule has 6 nitrogen and oxygen atoms in total. The summed E-state index contributed by atoms with van der Waals surface area (Å²) in [5, 5.41) is 3.35. The van der Waals surface area contributed by atoms with Crippen LogP contribution >= 0.6 is 0 Å². The van der Waals surface area contributed by atoms with Crippen molar-refractivity contribution < 1.29 is 18.8 Å². The summed E-state index contributed by atoms with van der Waals surface area (Å²) in [6.45, 7) is 3.01. The molecule has 0 amide bonds. The van der Waals surface area contributed by atoms with E-state index in [0.29, 0.717) is 34.7 Å². The fraction of sp³-hybridized carbons (Fsp3) is 0.310. The Morgan fingerprint density at radius 1 is 0.914 bits per heavy atom. The van der Waals surface area contributed by atoms with Gasteiger partial charge < -0.3 is 20.3 Å². The third-order valence-electron chi connectivity index (χ3n) is 7.47. The Kier molecular flexibility index (Phi) is 6.55. The number of quaternary nitrogens is 1. The van der Waals surface area contributed by atoms with Gasteiger partial charge in [0, 0.05) is 35.7 Å². The van der Waals surface area contributed by atoms with Crippen molar-refractivity contribution >= 4 is 23.1 Å². The molecule has 3 aliphatic heterocycles. The zero-order valence-electron chi connectivity index (χ0n) is 19.8. The summed E-state index contributed by atoms with van der Waals surface area (Å²) in [5.74, 6) is 0.184. The predicted octanol–water partition coefficient (Wildman–Crippen LogP) is 4.46. The Morgan fingerprint density at radius 3 is 2.20 bits per heavy atom. The van der Waals surface area contributed by atoms with Crippen LogP contribution in [-0.2, 0) is 9.53 Å². The van der Waals surface area contributed by atoms with Crippen LogP contribution in [0.3, 0.4) is 0 Å². The van der Waals surface area contributed by atoms with Crippen molar-refractivity contribution in [2.24, 2.45) is 5.92 Å². The first-order valence-electron chi connectivity index (χ1n) is 12.3. The van der Waals surface area contributed by atoms with Crippen molar-refractivity contribution in [3.05, 3.63) is 96.1 Å². The molecule has 0 unspecified atom stereocenters. The number of ketones is 1. The lowest BCUT2D eigenvalue weighted by atomic mass is 9.82. The molecular formula is C29H32N3O3+. The number of fused-ring (bicyclic) bond motifs is 3. The fourth-order valence-electron chi connectivity index (χ4n) is 5.48. The van der Waals surface area contributed by atoms with Crippen LogP contribution in [0.5, 0.6) is 0 Å². The van der Waals surface area contributed by atoms with Gasteiger partial charge in [0.25, 0.3) is 0 Å². The van der Waals surface area contributed by atoms with Crippen LogP contribution in [0.2, 0.25) is 0 Å². The summed E-state index contributed by atoms with van der Waals surface area (Å²) in [4.78, 5) is 26.6. The zero-order valence-corrected chi connectivity index (χ0v) is 19.8. The first kappa shape index (κ1) is 23.1. The molecule has 6 heteroatoms. The summed E-state index contributed by atoms with van der Waals surface area (Å²) in [6, 6.07) is 25.9. The molecule has 3 aromatic rings. The number of esters is 1. The number of ether oxygens (including phenoxy) is 1. The van der Waals surface area contributed by atoms with Gasteiger partial charge in [-0.2, -0.15) is 0 Å². The summed E-state index contributed by atoms with van der Waals surface area (Å²) in [5.41, 5.74) is 8.85. The van der Waals surface area contributed by atoms with E-state index in [9.17, 15) is 9.59 Å². The molecule has 3 aromatic carbocycles. The largest absolute Gasteiger partial charge is 0.454 e. The van der Waals surface area contributed by atoms with E-state index in [1.54, 1.807) is 24.3 Å². The molecule has 3 fully saturated rings. The Labute approximate surface area is 206 Å². The van der Waals surface area contributed by atoms with Crippen LogP contribution < -0.4 is 11.1 Å². The number of hydrogen-bond donors (Lipinski definition) is 2. The van der Waals surface area contributed by atoms with Gasteiger partial charge >= 0.3 is 5.97 Å². The number of piperidine rings is 3. The maximum atomic E-state index is 13.5. The molecule has 3 aliphatic rings. The highest BCUT2D eigenvalue weighted by atomic mass is 16.5. The number of anilines is 2. The Bertz CT molecular complexity index is 1160. The van der Waals surface area contributed by atoms with E-state index in [-0.39, 0.29) is 17.9 Å². The van der Waals surface area contributed by atoms with Crippen molar-refractivity contribution in [2.75, 3.05) is 37.2 Å². The number of hydrogen-bond acceptors (Lipinski definition) is 5. The SMILES string of the molecule is Nc1ccc(C(=O)C[N+]23CCC(CC2)[C@@H](OC(=O)[C@H](Nc2ccccc2)c2ccccc2)C3)cc1. The molecule has 2 bridgehead atoms.